The molecule has 23 heavy (non-hydrogen) atoms. The molecule has 8 nitrogen and oxygen atoms in total. The first-order chi connectivity index (χ1) is 10.8. The van der Waals surface area contributed by atoms with Crippen molar-refractivity contribution in [1.82, 2.24) is 14.7 Å². The van der Waals surface area contributed by atoms with Gasteiger partial charge in [0.1, 0.15) is 12.1 Å². The van der Waals surface area contributed by atoms with E-state index in [9.17, 15) is 27.6 Å². The first-order valence-corrected chi connectivity index (χ1v) is 6.82. The molecule has 0 saturated carbocycles. The lowest BCUT2D eigenvalue weighted by molar-refractivity contribution is -0.194. The normalized spacial score (nSPS) is 22.4. The molecule has 0 bridgehead atoms. The van der Waals surface area contributed by atoms with Crippen molar-refractivity contribution in [2.75, 3.05) is 39.8 Å². The van der Waals surface area contributed by atoms with Crippen LogP contribution in [0.3, 0.4) is 0 Å². The summed E-state index contributed by atoms with van der Waals surface area (Å²) in [6.07, 6.45) is -6.53. The summed E-state index contributed by atoms with van der Waals surface area (Å²) in [5.74, 6) is 0. The van der Waals surface area contributed by atoms with E-state index in [4.69, 9.17) is 4.74 Å². The van der Waals surface area contributed by atoms with E-state index in [1.165, 1.54) is 12.0 Å². The number of hydrogen-bond acceptors (Lipinski definition) is 5. The van der Waals surface area contributed by atoms with Crippen molar-refractivity contribution in [2.45, 2.75) is 18.3 Å². The lowest BCUT2D eigenvalue weighted by Gasteiger charge is -2.41. The van der Waals surface area contributed by atoms with Gasteiger partial charge in [-0.3, -0.25) is 4.79 Å². The van der Waals surface area contributed by atoms with Gasteiger partial charge in [-0.05, 0) is 0 Å². The number of rotatable bonds is 2. The minimum atomic E-state index is -4.63. The summed E-state index contributed by atoms with van der Waals surface area (Å²) in [6.45, 7) is -0.668. The van der Waals surface area contributed by atoms with E-state index in [0.717, 1.165) is 4.90 Å². The topological polar surface area (TPSA) is 79.4 Å². The first-order valence-electron chi connectivity index (χ1n) is 6.82. The molecule has 11 heteroatoms. The highest BCUT2D eigenvalue weighted by Gasteiger charge is 2.47. The zero-order valence-electron chi connectivity index (χ0n) is 12.3. The molecule has 2 fully saturated rings. The zero-order valence-corrected chi connectivity index (χ0v) is 12.3. The Morgan fingerprint density at radius 1 is 1.09 bits per heavy atom. The molecule has 0 aromatic rings. The van der Waals surface area contributed by atoms with Crippen molar-refractivity contribution in [2.24, 2.45) is 0 Å². The average Bonchev–Trinajstić information content (AvgIpc) is 2.47. The zero-order chi connectivity index (χ0) is 17.2. The third-order valence-corrected chi connectivity index (χ3v) is 3.74. The fraction of sp³-hybridized carbons (Fsp3) is 0.750. The van der Waals surface area contributed by atoms with Gasteiger partial charge in [-0.15, -0.1) is 0 Å². The van der Waals surface area contributed by atoms with Crippen LogP contribution in [-0.4, -0.2) is 91.5 Å². The van der Waals surface area contributed by atoms with Crippen molar-refractivity contribution in [3.8, 4) is 0 Å². The van der Waals surface area contributed by atoms with Crippen LogP contribution in [0.1, 0.15) is 0 Å². The maximum Gasteiger partial charge on any atom is 0.410 e. The Labute approximate surface area is 129 Å². The molecule has 0 aliphatic carbocycles. The van der Waals surface area contributed by atoms with Gasteiger partial charge in [0.05, 0.1) is 26.7 Å². The summed E-state index contributed by atoms with van der Waals surface area (Å²) in [5.41, 5.74) is 0. The van der Waals surface area contributed by atoms with Gasteiger partial charge in [-0.2, -0.15) is 13.2 Å². The van der Waals surface area contributed by atoms with Crippen LogP contribution in [0.2, 0.25) is 0 Å². The molecule has 1 atom stereocenters. The number of amides is 3. The van der Waals surface area contributed by atoms with E-state index in [-0.39, 0.29) is 32.6 Å². The molecule has 130 valence electrons. The Morgan fingerprint density at radius 2 is 1.74 bits per heavy atom. The number of piperazine rings is 1. The Bertz CT molecular complexity index is 481. The number of methoxy groups -OCH3 is 1. The van der Waals surface area contributed by atoms with Gasteiger partial charge in [0.25, 0.3) is 0 Å². The molecule has 0 N–H and O–H groups in total. The van der Waals surface area contributed by atoms with E-state index in [1.807, 2.05) is 0 Å². The summed E-state index contributed by atoms with van der Waals surface area (Å²) in [5, 5.41) is 0. The lowest BCUT2D eigenvalue weighted by Crippen LogP contribution is -2.61. The fourth-order valence-corrected chi connectivity index (χ4v) is 2.39. The molecule has 0 aromatic heterocycles. The van der Waals surface area contributed by atoms with Gasteiger partial charge in [0.2, 0.25) is 6.41 Å². The van der Waals surface area contributed by atoms with Crippen LogP contribution in [0.4, 0.5) is 22.8 Å². The van der Waals surface area contributed by atoms with Crippen molar-refractivity contribution in [3.05, 3.63) is 0 Å². The van der Waals surface area contributed by atoms with Crippen LogP contribution in [0.25, 0.3) is 0 Å². The SMILES string of the molecule is COC(=O)N1CC(OC(=O)N2CCN(C=O)C(C(F)(F)F)C2)C1. The Hall–Kier alpha value is -2.20. The highest BCUT2D eigenvalue weighted by Crippen LogP contribution is 2.27. The number of alkyl halides is 3. The van der Waals surface area contributed by atoms with Crippen LogP contribution in [0.15, 0.2) is 0 Å². The first kappa shape index (κ1) is 17.2. The molecule has 0 aromatic carbocycles. The molecule has 2 aliphatic rings. The largest absolute Gasteiger partial charge is 0.453 e. The second-order valence-electron chi connectivity index (χ2n) is 5.23. The number of ether oxygens (including phenoxy) is 2. The summed E-state index contributed by atoms with van der Waals surface area (Å²) >= 11 is 0. The minimum Gasteiger partial charge on any atom is -0.453 e. The van der Waals surface area contributed by atoms with Gasteiger partial charge in [-0.1, -0.05) is 0 Å². The molecule has 1 unspecified atom stereocenters. The van der Waals surface area contributed by atoms with Crippen LogP contribution in [0.5, 0.6) is 0 Å². The Balaban J connectivity index is 1.86. The van der Waals surface area contributed by atoms with E-state index < -0.39 is 37.1 Å². The van der Waals surface area contributed by atoms with Crippen LogP contribution in [0, 0.1) is 0 Å². The van der Waals surface area contributed by atoms with E-state index in [0.29, 0.717) is 4.90 Å². The molecule has 2 rings (SSSR count). The fourth-order valence-electron chi connectivity index (χ4n) is 2.39. The molecule has 2 saturated heterocycles. The van der Waals surface area contributed by atoms with Crippen molar-refractivity contribution < 1.29 is 37.0 Å². The number of halogens is 3. The second-order valence-corrected chi connectivity index (χ2v) is 5.23. The third kappa shape index (κ3) is 3.77. The molecular formula is C12H16F3N3O5. The molecule has 2 aliphatic heterocycles. The molecular weight excluding hydrogens is 323 g/mol. The van der Waals surface area contributed by atoms with Crippen molar-refractivity contribution in [3.63, 3.8) is 0 Å². The van der Waals surface area contributed by atoms with Gasteiger partial charge < -0.3 is 24.2 Å². The van der Waals surface area contributed by atoms with E-state index in [2.05, 4.69) is 4.74 Å². The number of carbonyl (C=O) groups excluding carboxylic acids is 3. The Kier molecular flexibility index (Phi) is 4.85. The average molecular weight is 339 g/mol. The molecule has 0 radical (unpaired) electrons. The monoisotopic (exact) mass is 339 g/mol. The van der Waals surface area contributed by atoms with Crippen molar-refractivity contribution in [1.29, 1.82) is 0 Å². The summed E-state index contributed by atoms with van der Waals surface area (Å²) < 4.78 is 48.2. The second kappa shape index (κ2) is 6.50. The predicted molar refractivity (Wildman–Crippen MR) is 68.4 cm³/mol. The number of likely N-dealkylation sites (tertiary alicyclic amines) is 1. The van der Waals surface area contributed by atoms with Crippen LogP contribution >= 0.6 is 0 Å². The predicted octanol–water partition coefficient (Wildman–Crippen LogP) is 0.279. The van der Waals surface area contributed by atoms with Gasteiger partial charge >= 0.3 is 18.4 Å². The van der Waals surface area contributed by atoms with Crippen LogP contribution in [-0.2, 0) is 14.3 Å². The number of carbonyl (C=O) groups is 3. The maximum atomic E-state index is 12.9. The summed E-state index contributed by atoms with van der Waals surface area (Å²) in [7, 11) is 1.21. The smallest absolute Gasteiger partial charge is 0.410 e. The van der Waals surface area contributed by atoms with Gasteiger partial charge in [0.15, 0.2) is 0 Å². The summed E-state index contributed by atoms with van der Waals surface area (Å²) in [6, 6.07) is -2.05. The standard InChI is InChI=1S/C12H16F3N3O5/c1-22-10(20)18-4-8(5-18)23-11(21)16-2-3-17(7-19)9(6-16)12(13,14)15/h7-9H,2-6H2,1H3. The van der Waals surface area contributed by atoms with Gasteiger partial charge in [0, 0.05) is 13.1 Å². The molecule has 0 spiro atoms. The number of hydrogen-bond donors (Lipinski definition) is 0. The minimum absolute atomic E-state index is 0.0441. The quantitative estimate of drug-likeness (QED) is 0.675. The lowest BCUT2D eigenvalue weighted by atomic mass is 10.1. The Morgan fingerprint density at radius 3 is 2.26 bits per heavy atom. The summed E-state index contributed by atoms with van der Waals surface area (Å²) in [4.78, 5) is 36.6. The van der Waals surface area contributed by atoms with E-state index >= 15 is 0 Å². The molecule has 2 heterocycles. The van der Waals surface area contributed by atoms with Crippen LogP contribution < -0.4 is 0 Å². The number of nitrogens with zero attached hydrogens (tertiary/aromatic N) is 3. The third-order valence-electron chi connectivity index (χ3n) is 3.74. The molecule has 3 amide bonds. The van der Waals surface area contributed by atoms with Gasteiger partial charge in [-0.25, -0.2) is 9.59 Å². The van der Waals surface area contributed by atoms with E-state index in [1.54, 1.807) is 0 Å². The highest BCUT2D eigenvalue weighted by molar-refractivity contribution is 5.70. The maximum absolute atomic E-state index is 12.9. The highest BCUT2D eigenvalue weighted by atomic mass is 19.4. The van der Waals surface area contributed by atoms with Crippen molar-refractivity contribution >= 4 is 18.6 Å².